The van der Waals surface area contributed by atoms with Gasteiger partial charge in [0.2, 0.25) is 0 Å². The molecule has 0 aliphatic rings. The van der Waals surface area contributed by atoms with E-state index in [4.69, 9.17) is 42.0 Å². The van der Waals surface area contributed by atoms with Crippen molar-refractivity contribution < 1.29 is 53.0 Å². The van der Waals surface area contributed by atoms with Crippen LogP contribution in [0.15, 0.2) is 540 Å². The first-order valence-electron chi connectivity index (χ1n) is 62.3. The Kier molecular flexibility index (Phi) is 14.0. The van der Waals surface area contributed by atoms with Gasteiger partial charge < -0.3 is 17.8 Å². The van der Waals surface area contributed by atoms with Crippen LogP contribution in [-0.2, 0) is 0 Å². The van der Waals surface area contributed by atoms with Crippen LogP contribution >= 0.6 is 0 Å². The van der Waals surface area contributed by atoms with Gasteiger partial charge in [-0.1, -0.05) is 454 Å². The maximum absolute atomic E-state index is 9.67. The van der Waals surface area contributed by atoms with Gasteiger partial charge in [-0.05, 0) is 264 Å². The highest BCUT2D eigenvalue weighted by molar-refractivity contribution is 6.28. The predicted octanol–water partition coefficient (Wildman–Crippen LogP) is 40.4. The molecule has 31 aromatic rings. The van der Waals surface area contributed by atoms with E-state index in [0.717, 1.165) is 147 Å². The first-order chi connectivity index (χ1) is 84.5. The Labute approximate surface area is 881 Å². The minimum atomic E-state index is -0.712. The highest BCUT2D eigenvalue weighted by Crippen LogP contribution is 2.53. The van der Waals surface area contributed by atoms with E-state index in [1.807, 2.05) is 212 Å². The molecular formula is C142H87NO3. The fourth-order valence-corrected chi connectivity index (χ4v) is 22.2. The van der Waals surface area contributed by atoms with Crippen LogP contribution < -0.4 is 0 Å². The molecule has 0 fully saturated rings. The van der Waals surface area contributed by atoms with Gasteiger partial charge in [-0.2, -0.15) is 0 Å². The van der Waals surface area contributed by atoms with Gasteiger partial charge in [0.25, 0.3) is 0 Å². The van der Waals surface area contributed by atoms with Gasteiger partial charge in [-0.3, -0.25) is 0 Å². The zero-order valence-corrected chi connectivity index (χ0v) is 77.2. The molecule has 31 rings (SSSR count). The molecule has 146 heavy (non-hydrogen) atoms. The van der Waals surface area contributed by atoms with Crippen molar-refractivity contribution in [2.24, 2.45) is 0 Å². The van der Waals surface area contributed by atoms with Gasteiger partial charge >= 0.3 is 0 Å². The Hall–Kier alpha value is -19.3. The molecule has 0 N–H and O–H groups in total. The highest BCUT2D eigenvalue weighted by Gasteiger charge is 2.27. The summed E-state index contributed by atoms with van der Waals surface area (Å²) in [5.41, 5.74) is 15.4. The Bertz CT molecular complexity index is 12400. The molecule has 4 aromatic heterocycles. The number of benzene rings is 27. The first kappa shape index (κ1) is 59.4. The summed E-state index contributed by atoms with van der Waals surface area (Å²) in [6.45, 7) is 0. The minimum absolute atomic E-state index is 0.0744. The Morgan fingerprint density at radius 2 is 0.555 bits per heavy atom. The molecule has 0 amide bonds. The number of nitrogens with zero attached hydrogens (tertiary/aromatic N) is 1. The Balaban J connectivity index is 0.000000119. The van der Waals surface area contributed by atoms with Crippen molar-refractivity contribution in [1.29, 1.82) is 0 Å². The second-order valence-electron chi connectivity index (χ2n) is 36.3. The van der Waals surface area contributed by atoms with E-state index in [1.54, 1.807) is 48.5 Å². The fraction of sp³-hybridized carbons (Fsp3) is 0. The summed E-state index contributed by atoms with van der Waals surface area (Å²) in [6.07, 6.45) is 0. The smallest absolute Gasteiger partial charge is 0.143 e. The summed E-state index contributed by atoms with van der Waals surface area (Å²) in [4.78, 5) is 0. The topological polar surface area (TPSA) is 44.4 Å². The zero-order chi connectivity index (χ0) is 121. The third-order valence-electron chi connectivity index (χ3n) is 28.5. The molecule has 4 nitrogen and oxygen atoms in total. The van der Waals surface area contributed by atoms with Crippen molar-refractivity contribution in [1.82, 2.24) is 4.57 Å². The number of rotatable bonds is 10. The molecule has 27 aromatic carbocycles. The number of hydrogen-bond donors (Lipinski definition) is 0. The largest absolute Gasteiger partial charge is 0.456 e. The first-order valence-corrected chi connectivity index (χ1v) is 47.8. The van der Waals surface area contributed by atoms with Gasteiger partial charge in [0.1, 0.15) is 33.5 Å². The second-order valence-corrected chi connectivity index (χ2v) is 36.3. The Morgan fingerprint density at radius 1 is 0.158 bits per heavy atom. The number of hydrogen-bond acceptors (Lipinski definition) is 3. The van der Waals surface area contributed by atoms with E-state index in [1.165, 1.54) is 0 Å². The summed E-state index contributed by atoms with van der Waals surface area (Å²) in [6, 6.07) is 99.9. The van der Waals surface area contributed by atoms with E-state index in [-0.39, 0.29) is 124 Å². The van der Waals surface area contributed by atoms with E-state index in [0.29, 0.717) is 72.4 Å². The lowest BCUT2D eigenvalue weighted by molar-refractivity contribution is 0.669. The molecule has 0 saturated heterocycles. The average Bonchev–Trinajstić information content (AvgIpc) is 1.08. The molecule has 4 heterocycles. The number of para-hydroxylation sites is 4. The van der Waals surface area contributed by atoms with Gasteiger partial charge in [-0.25, -0.2) is 0 Å². The summed E-state index contributed by atoms with van der Waals surface area (Å²) < 4.78 is 282. The molecular weight excluding hydrogens is 1770 g/mol. The van der Waals surface area contributed by atoms with Crippen LogP contribution in [0.1, 0.15) is 39.8 Å². The second kappa shape index (κ2) is 34.3. The van der Waals surface area contributed by atoms with Crippen LogP contribution in [0.5, 0.6) is 0 Å². The molecule has 0 atom stereocenters. The van der Waals surface area contributed by atoms with Crippen molar-refractivity contribution in [3.05, 3.63) is 527 Å². The van der Waals surface area contributed by atoms with Crippen molar-refractivity contribution in [2.75, 3.05) is 0 Å². The molecule has 0 spiro atoms. The summed E-state index contributed by atoms with van der Waals surface area (Å²) in [5.74, 6) is 0. The summed E-state index contributed by atoms with van der Waals surface area (Å²) in [7, 11) is 0. The maximum atomic E-state index is 9.67. The average molecular weight is 1880 g/mol. The van der Waals surface area contributed by atoms with Gasteiger partial charge in [0.15, 0.2) is 0 Å². The Morgan fingerprint density at radius 3 is 1.16 bits per heavy atom. The number of fused-ring (bicyclic) bond motifs is 23. The maximum Gasteiger partial charge on any atom is 0.143 e. The van der Waals surface area contributed by atoms with E-state index in [2.05, 4.69) is 95.6 Å². The van der Waals surface area contributed by atoms with Crippen LogP contribution in [-0.4, -0.2) is 4.57 Å². The molecule has 0 aliphatic heterocycles. The standard InChI is InChI=1S/C58H35NO.2C42H26O/c1-3-18-40-36(15-1)17-13-26-44(40)57-47-24-7-5-22-45(47)56(46-23-6-8-25-48(46)57)38-33-37-16-2-4-19-41(37)50(34-38)49-27-14-30-55-58(49)51-35-39(31-32-54(51)60-55)59-52-28-11-9-20-42(52)43-21-10-12-29-53(43)59;1-2-13-28(14-3-1)39-33-18-6-8-20-35(33)40(36-21-9-7-19-34(36)39)30-16-10-15-29(26-30)32-22-11-23-37-38-25-24-27-12-4-5-17-31(27)41(38)43-42(32)37;1-2-11-28(12-3-1)40-33-15-6-8-17-35(33)41(36-18-9-7-16-34(36)40)29-23-21-27(22-24-29)32-19-10-20-37-38-25-30-13-4-5-14-31(30)26-39(38)43-42(32)37/h1-35H;2*1-26H/i5D,6D,7D,8D,22D,23D,24D,25D;6D,7D,8D,9D,18D,19D,20D,21D;1D,2D,3D,6D,7D,8D,9D,11D,12D,15D,16D,17D,18D. The molecule has 0 radical (unpaired) electrons. The minimum Gasteiger partial charge on any atom is -0.456 e. The van der Waals surface area contributed by atoms with Crippen LogP contribution in [0.3, 0.4) is 0 Å². The molecule has 0 aliphatic carbocycles. The molecule has 678 valence electrons. The lowest BCUT2D eigenvalue weighted by atomic mass is 9.83. The van der Waals surface area contributed by atoms with Crippen LogP contribution in [0.2, 0.25) is 0 Å². The fourth-order valence-electron chi connectivity index (χ4n) is 22.2. The third kappa shape index (κ3) is 13.6. The predicted molar refractivity (Wildman–Crippen MR) is 619 cm³/mol. The lowest BCUT2D eigenvalue weighted by Crippen LogP contribution is -1.93. The molecule has 0 bridgehead atoms. The van der Waals surface area contributed by atoms with Crippen molar-refractivity contribution in [2.45, 2.75) is 0 Å². The van der Waals surface area contributed by atoms with Crippen molar-refractivity contribution in [3.63, 3.8) is 0 Å². The summed E-state index contributed by atoms with van der Waals surface area (Å²) >= 11 is 0. The van der Waals surface area contributed by atoms with Gasteiger partial charge in [-0.15, -0.1) is 0 Å². The normalized spacial score (nSPS) is 14.6. The van der Waals surface area contributed by atoms with Gasteiger partial charge in [0.05, 0.1) is 50.8 Å². The highest BCUT2D eigenvalue weighted by atomic mass is 16.3. The monoisotopic (exact) mass is 1880 g/mol. The van der Waals surface area contributed by atoms with Crippen LogP contribution in [0, 0.1) is 0 Å². The molecule has 0 saturated carbocycles. The van der Waals surface area contributed by atoms with Crippen molar-refractivity contribution in [3.8, 4) is 106 Å². The quantitative estimate of drug-likeness (QED) is 0.128. The zero-order valence-electron chi connectivity index (χ0n) is 106. The van der Waals surface area contributed by atoms with Crippen LogP contribution in [0.25, 0.3) is 301 Å². The SMILES string of the molecule is [2H]c1c([2H])c([2H])c(-c2c3c([2H])c([2H])c([2H])c([2H])c3c(-c3ccc(-c4cccc5c4oc4cc6ccccc6cc45)cc3)c3c([2H])c([2H])c([2H])c([2H])c23)c([2H])c1[2H].[2H]c1c([2H])c([2H])c2c(-c3cccc(-c4cccc5c4oc4c6ccccc6ccc54)c3)c3c([2H])c([2H])c([2H])c([2H])c3c(-c3ccccc3)c2c1[2H].[2H]c1c([2H])c([2H])c2c(-c3cccc4ccccc34)c3c([2H])c([2H])c([2H])c([2H])c3c(-c3cc(-c4cccc5oc6ccc(-n7c8ccccc8c8ccccc87)cc6c45)c4ccccc4c3)c2c1[2H]. The number of furan rings is 3. The number of aromatic nitrogens is 1. The van der Waals surface area contributed by atoms with E-state index < -0.39 is 132 Å². The van der Waals surface area contributed by atoms with Gasteiger partial charge in [0, 0.05) is 65.3 Å². The third-order valence-corrected chi connectivity index (χ3v) is 28.5. The van der Waals surface area contributed by atoms with Crippen molar-refractivity contribution >= 4 is 195 Å². The van der Waals surface area contributed by atoms with Crippen LogP contribution in [0.4, 0.5) is 0 Å². The lowest BCUT2D eigenvalue weighted by Gasteiger charge is -2.20. The van der Waals surface area contributed by atoms with E-state index >= 15 is 0 Å². The molecule has 0 unspecified atom stereocenters. The molecule has 4 heteroatoms. The summed E-state index contributed by atoms with van der Waals surface area (Å²) in [5, 5.41) is 16.2. The van der Waals surface area contributed by atoms with E-state index in [9.17, 15) is 11.0 Å².